The molecule has 5 nitrogen and oxygen atoms in total. The number of hydrogen-bond acceptors (Lipinski definition) is 3. The number of aliphatic carboxylic acids is 1. The lowest BCUT2D eigenvalue weighted by molar-refractivity contribution is -0.146. The lowest BCUT2D eigenvalue weighted by atomic mass is 9.66. The van der Waals surface area contributed by atoms with E-state index < -0.39 is 18.0 Å². The third-order valence-electron chi connectivity index (χ3n) is 5.43. The summed E-state index contributed by atoms with van der Waals surface area (Å²) in [6.45, 7) is 0.188. The number of allylic oxidation sites excluding steroid dienone is 1. The van der Waals surface area contributed by atoms with Crippen LogP contribution in [0.5, 0.6) is 0 Å². The standard InChI is InChI=1S/C18H19NO4/c20-17(21)15-11-6-7-12(14-8-13(11)14)16(15)19-18(22)23-9-10-4-2-1-3-5-10/h1-7,11-16H,8-9H2,(H,19,22)(H,20,21)/t11-,12+,13+,14-,15+,16-/m0/s1. The number of hydrogen-bond donors (Lipinski definition) is 2. The highest BCUT2D eigenvalue weighted by Crippen LogP contribution is 2.61. The highest BCUT2D eigenvalue weighted by Gasteiger charge is 2.61. The molecule has 1 aromatic rings. The van der Waals surface area contributed by atoms with Crippen molar-refractivity contribution in [2.75, 3.05) is 0 Å². The highest BCUT2D eigenvalue weighted by atomic mass is 16.5. The summed E-state index contributed by atoms with van der Waals surface area (Å²) in [4.78, 5) is 23.8. The van der Waals surface area contributed by atoms with Gasteiger partial charge >= 0.3 is 12.1 Å². The van der Waals surface area contributed by atoms with E-state index in [-0.39, 0.29) is 24.5 Å². The van der Waals surface area contributed by atoms with E-state index in [0.717, 1.165) is 12.0 Å². The first-order chi connectivity index (χ1) is 11.1. The van der Waals surface area contributed by atoms with Crippen LogP contribution in [-0.2, 0) is 16.1 Å². The number of alkyl carbamates (subject to hydrolysis) is 1. The van der Waals surface area contributed by atoms with Gasteiger partial charge in [0.15, 0.2) is 0 Å². The van der Waals surface area contributed by atoms with Crippen LogP contribution in [0.15, 0.2) is 42.5 Å². The molecule has 0 aromatic heterocycles. The SMILES string of the molecule is O=C(N[C@H]1[C@@H]2C=C[C@@H]([C@H]3C[C@@H]23)[C@H]1C(=O)O)OCc1ccccc1. The van der Waals surface area contributed by atoms with Crippen LogP contribution < -0.4 is 5.32 Å². The van der Waals surface area contributed by atoms with Gasteiger partial charge in [0.25, 0.3) is 0 Å². The van der Waals surface area contributed by atoms with Crippen LogP contribution in [0.3, 0.4) is 0 Å². The van der Waals surface area contributed by atoms with E-state index in [9.17, 15) is 14.7 Å². The van der Waals surface area contributed by atoms with Crippen molar-refractivity contribution in [1.29, 1.82) is 0 Å². The van der Waals surface area contributed by atoms with Crippen molar-refractivity contribution in [2.24, 2.45) is 29.6 Å². The van der Waals surface area contributed by atoms with Gasteiger partial charge in [-0.2, -0.15) is 0 Å². The monoisotopic (exact) mass is 313 g/mol. The van der Waals surface area contributed by atoms with Crippen molar-refractivity contribution in [3.63, 3.8) is 0 Å². The molecule has 6 atom stereocenters. The predicted octanol–water partition coefficient (Wildman–Crippen LogP) is 2.43. The Balaban J connectivity index is 1.42. The maximum Gasteiger partial charge on any atom is 0.407 e. The molecule has 0 radical (unpaired) electrons. The number of carbonyl (C=O) groups is 2. The Labute approximate surface area is 134 Å². The number of carboxylic acids is 1. The molecule has 1 amide bonds. The van der Waals surface area contributed by atoms with Crippen molar-refractivity contribution >= 4 is 12.1 Å². The summed E-state index contributed by atoms with van der Waals surface area (Å²) in [5.74, 6) is -0.192. The van der Waals surface area contributed by atoms with E-state index in [4.69, 9.17) is 4.74 Å². The summed E-state index contributed by atoms with van der Waals surface area (Å²) >= 11 is 0. The zero-order valence-corrected chi connectivity index (χ0v) is 12.6. The number of carbonyl (C=O) groups excluding carboxylic acids is 1. The smallest absolute Gasteiger partial charge is 0.407 e. The van der Waals surface area contributed by atoms with Crippen molar-refractivity contribution in [3.8, 4) is 0 Å². The molecule has 23 heavy (non-hydrogen) atoms. The first-order valence-corrected chi connectivity index (χ1v) is 8.03. The number of rotatable bonds is 4. The Bertz CT molecular complexity index is 656. The molecule has 2 bridgehead atoms. The summed E-state index contributed by atoms with van der Waals surface area (Å²) in [5.41, 5.74) is 0.907. The zero-order valence-electron chi connectivity index (χ0n) is 12.6. The number of amides is 1. The molecule has 2 N–H and O–H groups in total. The number of fused-ring (bicyclic) bond motifs is 1. The third-order valence-corrected chi connectivity index (χ3v) is 5.43. The molecule has 0 spiro atoms. The van der Waals surface area contributed by atoms with E-state index in [2.05, 4.69) is 11.4 Å². The molecule has 2 fully saturated rings. The van der Waals surface area contributed by atoms with E-state index in [1.54, 1.807) is 0 Å². The predicted molar refractivity (Wildman–Crippen MR) is 82.4 cm³/mol. The van der Waals surface area contributed by atoms with E-state index in [1.807, 2.05) is 36.4 Å². The van der Waals surface area contributed by atoms with Crippen LogP contribution in [0.25, 0.3) is 0 Å². The molecule has 120 valence electrons. The number of ether oxygens (including phenoxy) is 1. The fraction of sp³-hybridized carbons (Fsp3) is 0.444. The van der Waals surface area contributed by atoms with Gasteiger partial charge in [-0.3, -0.25) is 4.79 Å². The largest absolute Gasteiger partial charge is 0.481 e. The third kappa shape index (κ3) is 2.50. The summed E-state index contributed by atoms with van der Waals surface area (Å²) < 4.78 is 5.25. The van der Waals surface area contributed by atoms with Crippen molar-refractivity contribution in [3.05, 3.63) is 48.0 Å². The second-order valence-electron chi connectivity index (χ2n) is 6.70. The fourth-order valence-electron chi connectivity index (χ4n) is 4.32. The number of benzene rings is 1. The molecule has 5 heteroatoms. The summed E-state index contributed by atoms with van der Waals surface area (Å²) in [5, 5.41) is 12.4. The molecule has 0 saturated heterocycles. The lowest BCUT2D eigenvalue weighted by Gasteiger charge is -2.42. The van der Waals surface area contributed by atoms with Crippen LogP contribution >= 0.6 is 0 Å². The summed E-state index contributed by atoms with van der Waals surface area (Å²) in [6.07, 6.45) is 4.65. The van der Waals surface area contributed by atoms with Crippen molar-refractivity contribution < 1.29 is 19.4 Å². The molecular weight excluding hydrogens is 294 g/mol. The normalized spacial score (nSPS) is 36.2. The van der Waals surface area contributed by atoms with Gasteiger partial charge < -0.3 is 15.2 Å². The van der Waals surface area contributed by atoms with Gasteiger partial charge in [-0.25, -0.2) is 4.79 Å². The molecule has 4 aliphatic carbocycles. The fourth-order valence-corrected chi connectivity index (χ4v) is 4.32. The average Bonchev–Trinajstić information content (AvgIpc) is 3.36. The van der Waals surface area contributed by atoms with Crippen LogP contribution in [0.4, 0.5) is 4.79 Å². The van der Waals surface area contributed by atoms with Gasteiger partial charge in [0.05, 0.1) is 12.0 Å². The van der Waals surface area contributed by atoms with Crippen LogP contribution in [0.2, 0.25) is 0 Å². The quantitative estimate of drug-likeness (QED) is 0.837. The Kier molecular flexibility index (Phi) is 3.36. The van der Waals surface area contributed by atoms with Crippen LogP contribution in [0.1, 0.15) is 12.0 Å². The molecule has 2 saturated carbocycles. The topological polar surface area (TPSA) is 75.6 Å². The summed E-state index contributed by atoms with van der Waals surface area (Å²) in [7, 11) is 0. The van der Waals surface area contributed by atoms with Gasteiger partial charge in [0.2, 0.25) is 0 Å². The average molecular weight is 313 g/mol. The maximum atomic E-state index is 12.1. The van der Waals surface area contributed by atoms with Gasteiger partial charge in [-0.05, 0) is 29.7 Å². The van der Waals surface area contributed by atoms with Gasteiger partial charge in [-0.15, -0.1) is 0 Å². The van der Waals surface area contributed by atoms with Gasteiger partial charge in [-0.1, -0.05) is 42.5 Å². The van der Waals surface area contributed by atoms with Gasteiger partial charge in [0, 0.05) is 5.92 Å². The lowest BCUT2D eigenvalue weighted by Crippen LogP contribution is -2.55. The molecule has 0 heterocycles. The molecule has 0 aliphatic heterocycles. The Morgan fingerprint density at radius 2 is 1.83 bits per heavy atom. The second kappa shape index (κ2) is 5.41. The van der Waals surface area contributed by atoms with E-state index >= 15 is 0 Å². The second-order valence-corrected chi connectivity index (χ2v) is 6.70. The molecule has 5 rings (SSSR count). The molecule has 1 aromatic carbocycles. The first-order valence-electron chi connectivity index (χ1n) is 8.03. The van der Waals surface area contributed by atoms with E-state index in [1.165, 1.54) is 0 Å². The zero-order chi connectivity index (χ0) is 16.0. The first kappa shape index (κ1) is 14.3. The number of carboxylic acid groups (broad SMARTS) is 1. The molecule has 4 aliphatic rings. The minimum atomic E-state index is -0.831. The van der Waals surface area contributed by atoms with Gasteiger partial charge in [0.1, 0.15) is 6.61 Å². The Morgan fingerprint density at radius 3 is 2.57 bits per heavy atom. The van der Waals surface area contributed by atoms with Crippen LogP contribution in [-0.4, -0.2) is 23.2 Å². The number of nitrogens with one attached hydrogen (secondary N) is 1. The van der Waals surface area contributed by atoms with Crippen molar-refractivity contribution in [2.45, 2.75) is 19.1 Å². The Morgan fingerprint density at radius 1 is 1.13 bits per heavy atom. The molecule has 0 unspecified atom stereocenters. The summed E-state index contributed by atoms with van der Waals surface area (Å²) in [6, 6.07) is 9.07. The maximum absolute atomic E-state index is 12.1. The Hall–Kier alpha value is -2.30. The van der Waals surface area contributed by atoms with Crippen LogP contribution in [0, 0.1) is 29.6 Å². The minimum absolute atomic E-state index is 0.0434. The highest BCUT2D eigenvalue weighted by molar-refractivity contribution is 5.75. The van der Waals surface area contributed by atoms with Crippen molar-refractivity contribution in [1.82, 2.24) is 5.32 Å². The van der Waals surface area contributed by atoms with E-state index in [0.29, 0.717) is 11.8 Å². The molecular formula is C18H19NO4. The minimum Gasteiger partial charge on any atom is -0.481 e.